The maximum atomic E-state index is 13.3. The highest BCUT2D eigenvalue weighted by Gasteiger charge is 2.24. The fourth-order valence-electron chi connectivity index (χ4n) is 4.15. The summed E-state index contributed by atoms with van der Waals surface area (Å²) in [7, 11) is 0. The number of nitrogens with one attached hydrogen (secondary N) is 3. The zero-order valence-corrected chi connectivity index (χ0v) is 21.7. The number of nitrogens with two attached hydrogens (primary N) is 1. The van der Waals surface area contributed by atoms with Crippen LogP contribution in [0.2, 0.25) is 0 Å². The zero-order valence-electron chi connectivity index (χ0n) is 21.7. The molecular weight excluding hydrogens is 546 g/mol. The fraction of sp³-hybridized carbons (Fsp3) is 0.148. The zero-order chi connectivity index (χ0) is 29.8. The van der Waals surface area contributed by atoms with E-state index in [0.717, 1.165) is 5.39 Å². The average Bonchev–Trinajstić information content (AvgIpc) is 2.97. The molecule has 15 heteroatoms. The first kappa shape index (κ1) is 27.6. The van der Waals surface area contributed by atoms with Crippen LogP contribution in [0, 0.1) is 0 Å². The third kappa shape index (κ3) is 6.09. The van der Waals surface area contributed by atoms with Gasteiger partial charge in [-0.2, -0.15) is 4.98 Å². The monoisotopic (exact) mass is 569 g/mol. The van der Waals surface area contributed by atoms with Gasteiger partial charge in [-0.3, -0.25) is 19.4 Å². The number of amides is 1. The van der Waals surface area contributed by atoms with Gasteiger partial charge < -0.3 is 26.6 Å². The van der Waals surface area contributed by atoms with Crippen molar-refractivity contribution in [2.45, 2.75) is 25.4 Å². The Bertz CT molecular complexity index is 1910. The summed E-state index contributed by atoms with van der Waals surface area (Å²) in [5.74, 6) is -3.15. The van der Waals surface area contributed by atoms with Gasteiger partial charge in [0.05, 0.1) is 29.5 Å². The smallest absolute Gasteiger partial charge is 0.326 e. The third-order valence-corrected chi connectivity index (χ3v) is 6.20. The lowest BCUT2D eigenvalue weighted by Gasteiger charge is -2.16. The molecule has 0 radical (unpaired) electrons. The van der Waals surface area contributed by atoms with Crippen LogP contribution in [0.4, 0.5) is 11.6 Å². The number of carboxylic acids is 2. The summed E-state index contributed by atoms with van der Waals surface area (Å²) in [6, 6.07) is 10.5. The van der Waals surface area contributed by atoms with Crippen molar-refractivity contribution in [3.05, 3.63) is 76.5 Å². The number of hydrogen-bond acceptors (Lipinski definition) is 11. The summed E-state index contributed by atoms with van der Waals surface area (Å²) in [5.41, 5.74) is 7.12. The molecule has 3 heterocycles. The van der Waals surface area contributed by atoms with Crippen LogP contribution in [0.25, 0.3) is 33.5 Å². The number of hydrogen-bond donors (Lipinski definition) is 6. The van der Waals surface area contributed by atoms with Crippen molar-refractivity contribution in [2.24, 2.45) is 0 Å². The number of aromatic amines is 1. The standard InChI is InChI=1S/C27H23N9O6/c28-27-35-23-21(25(40)36-27)32-15(12-31-23)11-29-14-5-6-16(24(39)34-19(26(41)42)7-8-20(37)38)17(9-14)22-30-10-13-3-1-2-4-18(13)33-22/h1-6,9-10,12,19,29H,7-8,11H2,(H,34,39)(H,37,38)(H,41,42)(H3,28,31,35,36,40)/t19-/m0/s1. The lowest BCUT2D eigenvalue weighted by atomic mass is 10.0. The SMILES string of the molecule is Nc1nc2ncc(CNc3ccc(C(=O)N[C@@H](CCC(=O)O)C(=O)O)c(-c4ncc5ccccc5n4)c3)nc2c(=O)[nH]1. The Balaban J connectivity index is 1.47. The van der Waals surface area contributed by atoms with Crippen molar-refractivity contribution in [1.29, 1.82) is 0 Å². The van der Waals surface area contributed by atoms with E-state index in [1.165, 1.54) is 12.3 Å². The second-order valence-electron chi connectivity index (χ2n) is 9.15. The van der Waals surface area contributed by atoms with Gasteiger partial charge >= 0.3 is 11.9 Å². The van der Waals surface area contributed by atoms with E-state index in [1.54, 1.807) is 24.4 Å². The number of rotatable bonds is 10. The second kappa shape index (κ2) is 11.6. The van der Waals surface area contributed by atoms with Gasteiger partial charge in [-0.05, 0) is 30.7 Å². The highest BCUT2D eigenvalue weighted by atomic mass is 16.4. The van der Waals surface area contributed by atoms with Gasteiger partial charge in [0.1, 0.15) is 6.04 Å². The molecule has 0 saturated carbocycles. The molecule has 15 nitrogen and oxygen atoms in total. The molecule has 0 fully saturated rings. The van der Waals surface area contributed by atoms with Gasteiger partial charge in [0.15, 0.2) is 17.0 Å². The number of H-pyrrole nitrogens is 1. The molecule has 5 aromatic rings. The molecule has 0 bridgehead atoms. The van der Waals surface area contributed by atoms with E-state index in [0.29, 0.717) is 22.5 Å². The highest BCUT2D eigenvalue weighted by molar-refractivity contribution is 6.02. The van der Waals surface area contributed by atoms with Crippen molar-refractivity contribution < 1.29 is 24.6 Å². The largest absolute Gasteiger partial charge is 0.481 e. The van der Waals surface area contributed by atoms with Crippen LogP contribution < -0.4 is 21.9 Å². The van der Waals surface area contributed by atoms with Crippen LogP contribution in [0.5, 0.6) is 0 Å². The maximum absolute atomic E-state index is 13.3. The Morgan fingerprint density at radius 3 is 2.60 bits per heavy atom. The first-order chi connectivity index (χ1) is 20.2. The number of para-hydroxylation sites is 1. The number of nitrogens with zero attached hydrogens (tertiary/aromatic N) is 5. The molecule has 2 aromatic carbocycles. The van der Waals surface area contributed by atoms with E-state index in [-0.39, 0.29) is 41.5 Å². The molecule has 5 rings (SSSR count). The Morgan fingerprint density at radius 1 is 1.00 bits per heavy atom. The molecule has 0 unspecified atom stereocenters. The normalized spacial score (nSPS) is 11.7. The molecule has 0 aliphatic carbocycles. The molecule has 3 aromatic heterocycles. The number of carbonyl (C=O) groups is 3. The topological polar surface area (TPSA) is 239 Å². The van der Waals surface area contributed by atoms with E-state index < -0.39 is 35.9 Å². The summed E-state index contributed by atoms with van der Waals surface area (Å²) < 4.78 is 0. The predicted molar refractivity (Wildman–Crippen MR) is 150 cm³/mol. The lowest BCUT2D eigenvalue weighted by Crippen LogP contribution is -2.41. The minimum absolute atomic E-state index is 0.0247. The maximum Gasteiger partial charge on any atom is 0.326 e. The number of fused-ring (bicyclic) bond motifs is 2. The number of aromatic nitrogens is 6. The lowest BCUT2D eigenvalue weighted by molar-refractivity contribution is -0.140. The molecule has 0 aliphatic rings. The summed E-state index contributed by atoms with van der Waals surface area (Å²) in [5, 5.41) is 24.8. The number of carboxylic acid groups (broad SMARTS) is 2. The van der Waals surface area contributed by atoms with E-state index in [9.17, 15) is 24.3 Å². The van der Waals surface area contributed by atoms with Gasteiger partial charge in [-0.15, -0.1) is 0 Å². The molecule has 0 saturated heterocycles. The van der Waals surface area contributed by atoms with Crippen LogP contribution in [-0.2, 0) is 16.1 Å². The molecule has 0 aliphatic heterocycles. The minimum atomic E-state index is -1.42. The van der Waals surface area contributed by atoms with Crippen molar-refractivity contribution in [2.75, 3.05) is 11.1 Å². The van der Waals surface area contributed by atoms with Crippen molar-refractivity contribution >= 4 is 51.5 Å². The first-order valence-corrected chi connectivity index (χ1v) is 12.5. The number of nitrogen functional groups attached to an aromatic ring is 1. The fourth-order valence-corrected chi connectivity index (χ4v) is 4.15. The summed E-state index contributed by atoms with van der Waals surface area (Å²) in [6.07, 6.45) is 2.32. The van der Waals surface area contributed by atoms with Gasteiger partial charge in [0.25, 0.3) is 11.5 Å². The van der Waals surface area contributed by atoms with Gasteiger partial charge in [-0.1, -0.05) is 18.2 Å². The summed E-state index contributed by atoms with van der Waals surface area (Å²) in [6.45, 7) is 0.145. The van der Waals surface area contributed by atoms with Gasteiger partial charge in [0.2, 0.25) is 5.95 Å². The number of aliphatic carboxylic acids is 2. The number of carbonyl (C=O) groups excluding carboxylic acids is 1. The van der Waals surface area contributed by atoms with Crippen LogP contribution >= 0.6 is 0 Å². The van der Waals surface area contributed by atoms with Crippen LogP contribution in [0.15, 0.2) is 59.7 Å². The van der Waals surface area contributed by atoms with Crippen LogP contribution in [0.3, 0.4) is 0 Å². The molecule has 7 N–H and O–H groups in total. The molecule has 212 valence electrons. The Morgan fingerprint density at radius 2 is 1.81 bits per heavy atom. The molecule has 1 atom stereocenters. The first-order valence-electron chi connectivity index (χ1n) is 12.5. The van der Waals surface area contributed by atoms with E-state index in [4.69, 9.17) is 10.8 Å². The average molecular weight is 570 g/mol. The van der Waals surface area contributed by atoms with Crippen molar-refractivity contribution in [3.8, 4) is 11.4 Å². The molecule has 1 amide bonds. The summed E-state index contributed by atoms with van der Waals surface area (Å²) in [4.78, 5) is 71.9. The van der Waals surface area contributed by atoms with Crippen LogP contribution in [-0.4, -0.2) is 64.0 Å². The van der Waals surface area contributed by atoms with Crippen molar-refractivity contribution in [1.82, 2.24) is 35.2 Å². The van der Waals surface area contributed by atoms with E-state index in [2.05, 4.69) is 40.5 Å². The minimum Gasteiger partial charge on any atom is -0.481 e. The highest BCUT2D eigenvalue weighted by Crippen LogP contribution is 2.27. The van der Waals surface area contributed by atoms with E-state index >= 15 is 0 Å². The second-order valence-corrected chi connectivity index (χ2v) is 9.15. The Hall–Kier alpha value is -5.99. The molecular formula is C27H23N9O6. The van der Waals surface area contributed by atoms with Gasteiger partial charge in [0, 0.05) is 29.3 Å². The third-order valence-electron chi connectivity index (χ3n) is 6.20. The summed E-state index contributed by atoms with van der Waals surface area (Å²) >= 11 is 0. The predicted octanol–water partition coefficient (Wildman–Crippen LogP) is 1.57. The number of benzene rings is 2. The molecule has 0 spiro atoms. The quantitative estimate of drug-likeness (QED) is 0.140. The molecule has 42 heavy (non-hydrogen) atoms. The van der Waals surface area contributed by atoms with Gasteiger partial charge in [-0.25, -0.2) is 24.7 Å². The Kier molecular flexibility index (Phi) is 7.63. The van der Waals surface area contributed by atoms with E-state index in [1.807, 2.05) is 18.2 Å². The Labute approximate surface area is 235 Å². The van der Waals surface area contributed by atoms with Crippen LogP contribution in [0.1, 0.15) is 28.9 Å². The van der Waals surface area contributed by atoms with Crippen molar-refractivity contribution in [3.63, 3.8) is 0 Å². The number of anilines is 2.